The van der Waals surface area contributed by atoms with Gasteiger partial charge in [0.25, 0.3) is 0 Å². The van der Waals surface area contributed by atoms with Gasteiger partial charge in [-0.15, -0.1) is 0 Å². The maximum absolute atomic E-state index is 11.9. The predicted octanol–water partition coefficient (Wildman–Crippen LogP) is 2.23. The highest BCUT2D eigenvalue weighted by molar-refractivity contribution is 9.10. The number of rotatable bonds is 5. The zero-order valence-electron chi connectivity index (χ0n) is 11.2. The second-order valence-electron chi connectivity index (χ2n) is 4.63. The van der Waals surface area contributed by atoms with E-state index in [1.54, 1.807) is 23.9 Å². The highest BCUT2D eigenvalue weighted by Crippen LogP contribution is 2.14. The Morgan fingerprint density at radius 1 is 1.40 bits per heavy atom. The van der Waals surface area contributed by atoms with E-state index in [9.17, 15) is 4.79 Å². The van der Waals surface area contributed by atoms with E-state index in [-0.39, 0.29) is 11.8 Å². The first-order chi connectivity index (χ1) is 9.60. The lowest BCUT2D eigenvalue weighted by atomic mass is 10.2. The molecule has 1 unspecified atom stereocenters. The van der Waals surface area contributed by atoms with Crippen molar-refractivity contribution >= 4 is 27.7 Å². The van der Waals surface area contributed by atoms with Gasteiger partial charge in [-0.25, -0.2) is 4.68 Å². The molecular weight excluding hydrogens is 320 g/mol. The Morgan fingerprint density at radius 2 is 2.10 bits per heavy atom. The molecule has 0 saturated heterocycles. The van der Waals surface area contributed by atoms with Crippen LogP contribution in [0.15, 0.2) is 41.0 Å². The second-order valence-corrected chi connectivity index (χ2v) is 5.54. The van der Waals surface area contributed by atoms with Crippen molar-refractivity contribution in [1.29, 1.82) is 0 Å². The van der Waals surface area contributed by atoms with Gasteiger partial charge >= 0.3 is 0 Å². The van der Waals surface area contributed by atoms with Crippen molar-refractivity contribution in [2.45, 2.75) is 13.5 Å². The first-order valence-corrected chi connectivity index (χ1v) is 7.16. The van der Waals surface area contributed by atoms with E-state index >= 15 is 0 Å². The summed E-state index contributed by atoms with van der Waals surface area (Å²) in [6.07, 6.45) is 1.67. The number of halogens is 1. The molecule has 0 aliphatic rings. The molecule has 2 rings (SSSR count). The molecule has 0 fully saturated rings. The van der Waals surface area contributed by atoms with Gasteiger partial charge in [-0.1, -0.05) is 35.0 Å². The second kappa shape index (κ2) is 6.67. The number of anilines is 1. The quantitative estimate of drug-likeness (QED) is 0.879. The number of amides is 1. The van der Waals surface area contributed by atoms with Gasteiger partial charge in [0.1, 0.15) is 5.82 Å². The number of hydrogen-bond donors (Lipinski definition) is 2. The number of nitrogens with two attached hydrogens (primary N) is 1. The van der Waals surface area contributed by atoms with Gasteiger partial charge in [0, 0.05) is 23.0 Å². The topological polar surface area (TPSA) is 72.9 Å². The highest BCUT2D eigenvalue weighted by Gasteiger charge is 2.13. The van der Waals surface area contributed by atoms with Gasteiger partial charge in [-0.05, 0) is 17.7 Å². The van der Waals surface area contributed by atoms with Crippen LogP contribution in [-0.4, -0.2) is 22.2 Å². The molecule has 6 heteroatoms. The number of aromatic nitrogens is 2. The van der Waals surface area contributed by atoms with Crippen molar-refractivity contribution in [2.24, 2.45) is 11.7 Å². The molecule has 0 radical (unpaired) electrons. The lowest BCUT2D eigenvalue weighted by Gasteiger charge is -2.12. The van der Waals surface area contributed by atoms with Crippen molar-refractivity contribution in [2.75, 3.05) is 11.9 Å². The fourth-order valence-electron chi connectivity index (χ4n) is 1.68. The number of carbonyl (C=O) groups excluding carboxylic acids is 1. The highest BCUT2D eigenvalue weighted by atomic mass is 79.9. The van der Waals surface area contributed by atoms with E-state index in [0.29, 0.717) is 18.9 Å². The Balaban J connectivity index is 2.08. The molecule has 5 nitrogen and oxygen atoms in total. The van der Waals surface area contributed by atoms with E-state index in [4.69, 9.17) is 5.73 Å². The summed E-state index contributed by atoms with van der Waals surface area (Å²) < 4.78 is 2.79. The van der Waals surface area contributed by atoms with E-state index < -0.39 is 0 Å². The number of nitrogens with zero attached hydrogens (tertiary/aromatic N) is 2. The summed E-state index contributed by atoms with van der Waals surface area (Å²) in [6.45, 7) is 2.73. The van der Waals surface area contributed by atoms with Crippen molar-refractivity contribution in [1.82, 2.24) is 9.78 Å². The third kappa shape index (κ3) is 3.68. The smallest absolute Gasteiger partial charge is 0.229 e. The van der Waals surface area contributed by atoms with Crippen LogP contribution in [0.25, 0.3) is 0 Å². The summed E-state index contributed by atoms with van der Waals surface area (Å²) >= 11 is 3.40. The first kappa shape index (κ1) is 14.7. The molecule has 1 heterocycles. The Kier molecular flexibility index (Phi) is 4.92. The average Bonchev–Trinajstić information content (AvgIpc) is 2.87. The fraction of sp³-hybridized carbons (Fsp3) is 0.286. The van der Waals surface area contributed by atoms with Gasteiger partial charge in [0.05, 0.1) is 12.7 Å². The van der Waals surface area contributed by atoms with Crippen LogP contribution in [0.5, 0.6) is 0 Å². The maximum atomic E-state index is 11.9. The number of benzene rings is 1. The minimum Gasteiger partial charge on any atom is -0.330 e. The fourth-order valence-corrected chi connectivity index (χ4v) is 1.95. The summed E-state index contributed by atoms with van der Waals surface area (Å²) in [6, 6.07) is 9.76. The van der Waals surface area contributed by atoms with E-state index in [2.05, 4.69) is 26.3 Å². The van der Waals surface area contributed by atoms with Crippen molar-refractivity contribution in [3.63, 3.8) is 0 Å². The largest absolute Gasteiger partial charge is 0.330 e. The van der Waals surface area contributed by atoms with Crippen LogP contribution >= 0.6 is 15.9 Å². The monoisotopic (exact) mass is 336 g/mol. The maximum Gasteiger partial charge on any atom is 0.229 e. The Hall–Kier alpha value is -1.66. The summed E-state index contributed by atoms with van der Waals surface area (Å²) in [5, 5.41) is 7.08. The van der Waals surface area contributed by atoms with Gasteiger partial charge in [-0.3, -0.25) is 4.79 Å². The Bertz CT molecular complexity index is 579. The molecule has 0 aliphatic heterocycles. The van der Waals surface area contributed by atoms with Gasteiger partial charge in [-0.2, -0.15) is 5.10 Å². The van der Waals surface area contributed by atoms with E-state index in [0.717, 1.165) is 10.0 Å². The van der Waals surface area contributed by atoms with Gasteiger partial charge < -0.3 is 11.1 Å². The molecule has 0 aliphatic carbocycles. The van der Waals surface area contributed by atoms with Crippen LogP contribution in [0, 0.1) is 5.92 Å². The zero-order chi connectivity index (χ0) is 14.5. The molecule has 1 amide bonds. The Morgan fingerprint density at radius 3 is 2.75 bits per heavy atom. The molecular formula is C14H17BrN4O. The lowest BCUT2D eigenvalue weighted by Crippen LogP contribution is -2.27. The van der Waals surface area contributed by atoms with Crippen LogP contribution < -0.4 is 11.1 Å². The zero-order valence-corrected chi connectivity index (χ0v) is 12.8. The van der Waals surface area contributed by atoms with Gasteiger partial charge in [0.15, 0.2) is 0 Å². The van der Waals surface area contributed by atoms with Crippen molar-refractivity contribution in [3.8, 4) is 0 Å². The van der Waals surface area contributed by atoms with Crippen LogP contribution in [0.2, 0.25) is 0 Å². The molecule has 1 aromatic carbocycles. The van der Waals surface area contributed by atoms with E-state index in [1.807, 2.05) is 24.3 Å². The molecule has 0 spiro atoms. The normalized spacial score (nSPS) is 12.2. The predicted molar refractivity (Wildman–Crippen MR) is 82.3 cm³/mol. The number of carbonyl (C=O) groups is 1. The average molecular weight is 337 g/mol. The molecule has 1 aromatic heterocycles. The lowest BCUT2D eigenvalue weighted by molar-refractivity contribution is -0.119. The molecule has 1 atom stereocenters. The molecule has 0 saturated carbocycles. The molecule has 106 valence electrons. The standard InChI is InChI=1S/C14H17BrN4O/c1-10(8-16)14(20)18-13-6-7-17-19(13)9-11-2-4-12(15)5-3-11/h2-7,10H,8-9,16H2,1H3,(H,18,20). The minimum absolute atomic E-state index is 0.0925. The molecule has 0 bridgehead atoms. The van der Waals surface area contributed by atoms with Crippen LogP contribution in [0.3, 0.4) is 0 Å². The van der Waals surface area contributed by atoms with Gasteiger partial charge in [0.2, 0.25) is 5.91 Å². The van der Waals surface area contributed by atoms with Crippen LogP contribution in [0.1, 0.15) is 12.5 Å². The third-order valence-electron chi connectivity index (χ3n) is 3.01. The first-order valence-electron chi connectivity index (χ1n) is 6.37. The third-order valence-corrected chi connectivity index (χ3v) is 3.54. The number of nitrogens with one attached hydrogen (secondary N) is 1. The van der Waals surface area contributed by atoms with E-state index in [1.165, 1.54) is 0 Å². The summed E-state index contributed by atoms with van der Waals surface area (Å²) in [5.41, 5.74) is 6.60. The van der Waals surface area contributed by atoms with Crippen molar-refractivity contribution in [3.05, 3.63) is 46.6 Å². The minimum atomic E-state index is -0.217. The van der Waals surface area contributed by atoms with Crippen LogP contribution in [0.4, 0.5) is 5.82 Å². The van der Waals surface area contributed by atoms with Crippen LogP contribution in [-0.2, 0) is 11.3 Å². The summed E-state index contributed by atoms with van der Waals surface area (Å²) in [7, 11) is 0. The summed E-state index contributed by atoms with van der Waals surface area (Å²) in [5.74, 6) is 0.370. The Labute approximate surface area is 126 Å². The van der Waals surface area contributed by atoms with Crippen molar-refractivity contribution < 1.29 is 4.79 Å². The molecule has 20 heavy (non-hydrogen) atoms. The summed E-state index contributed by atoms with van der Waals surface area (Å²) in [4.78, 5) is 11.9. The molecule has 2 aromatic rings. The SMILES string of the molecule is CC(CN)C(=O)Nc1ccnn1Cc1ccc(Br)cc1. The number of hydrogen-bond acceptors (Lipinski definition) is 3. The molecule has 3 N–H and O–H groups in total.